The maximum Gasteiger partial charge on any atom is 0.243 e. The summed E-state index contributed by atoms with van der Waals surface area (Å²) in [6, 6.07) is 13.5. The molecule has 8 nitrogen and oxygen atoms in total. The number of amides is 2. The minimum Gasteiger partial charge on any atom is -0.325 e. The first-order valence-corrected chi connectivity index (χ1v) is 11.7. The molecule has 1 aliphatic heterocycles. The van der Waals surface area contributed by atoms with E-state index < -0.39 is 10.0 Å². The fourth-order valence-corrected chi connectivity index (χ4v) is 5.16. The molecule has 2 aromatic rings. The molecule has 0 unspecified atom stereocenters. The maximum absolute atomic E-state index is 13.1. The SMILES string of the molecule is CC(=O)Nc1ccc(S(=O)(=O)N2CCCN(CC(=O)Nc3ccccc3)CC2)cc1Cl. The van der Waals surface area contributed by atoms with Crippen molar-refractivity contribution in [3.63, 3.8) is 0 Å². The van der Waals surface area contributed by atoms with Crippen molar-refractivity contribution in [3.05, 3.63) is 53.6 Å². The Labute approximate surface area is 187 Å². The average Bonchev–Trinajstić information content (AvgIpc) is 2.96. The highest BCUT2D eigenvalue weighted by molar-refractivity contribution is 7.89. The fraction of sp³-hybridized carbons (Fsp3) is 0.333. The van der Waals surface area contributed by atoms with E-state index in [9.17, 15) is 18.0 Å². The van der Waals surface area contributed by atoms with Crippen molar-refractivity contribution in [1.82, 2.24) is 9.21 Å². The molecule has 0 atom stereocenters. The topological polar surface area (TPSA) is 98.8 Å². The number of para-hydroxylation sites is 1. The third-order valence-corrected chi connectivity index (χ3v) is 7.07. The number of carbonyl (C=O) groups excluding carboxylic acids is 2. The van der Waals surface area contributed by atoms with Crippen LogP contribution in [0.4, 0.5) is 11.4 Å². The molecule has 1 fully saturated rings. The van der Waals surface area contributed by atoms with E-state index >= 15 is 0 Å². The lowest BCUT2D eigenvalue weighted by atomic mass is 10.3. The van der Waals surface area contributed by atoms with Gasteiger partial charge in [-0.2, -0.15) is 4.31 Å². The molecular formula is C21H25ClN4O4S. The van der Waals surface area contributed by atoms with Gasteiger partial charge in [-0.15, -0.1) is 0 Å². The second-order valence-electron chi connectivity index (χ2n) is 7.27. The summed E-state index contributed by atoms with van der Waals surface area (Å²) < 4.78 is 27.6. The largest absolute Gasteiger partial charge is 0.325 e. The molecule has 0 saturated carbocycles. The van der Waals surface area contributed by atoms with Crippen LogP contribution in [-0.4, -0.2) is 62.2 Å². The Balaban J connectivity index is 1.62. The lowest BCUT2D eigenvalue weighted by Gasteiger charge is -2.22. The zero-order valence-electron chi connectivity index (χ0n) is 17.2. The summed E-state index contributed by atoms with van der Waals surface area (Å²) in [5.41, 5.74) is 1.09. The van der Waals surface area contributed by atoms with Gasteiger partial charge in [-0.1, -0.05) is 29.8 Å². The van der Waals surface area contributed by atoms with Gasteiger partial charge < -0.3 is 10.6 Å². The van der Waals surface area contributed by atoms with Crippen LogP contribution in [0.25, 0.3) is 0 Å². The van der Waals surface area contributed by atoms with Crippen LogP contribution >= 0.6 is 11.6 Å². The molecule has 0 radical (unpaired) electrons. The molecule has 1 aliphatic rings. The standard InChI is InChI=1S/C21H25ClN4O4S/c1-16(27)23-20-9-8-18(14-19(20)22)31(29,30)26-11-5-10-25(12-13-26)15-21(28)24-17-6-3-2-4-7-17/h2-4,6-9,14H,5,10-13,15H2,1H3,(H,23,27)(H,24,28). The Bertz CT molecular complexity index is 1050. The van der Waals surface area contributed by atoms with Crippen LogP contribution in [0, 0.1) is 0 Å². The Morgan fingerprint density at radius 2 is 1.74 bits per heavy atom. The normalized spacial score (nSPS) is 15.8. The zero-order valence-corrected chi connectivity index (χ0v) is 18.7. The number of nitrogens with zero attached hydrogens (tertiary/aromatic N) is 2. The summed E-state index contributed by atoms with van der Waals surface area (Å²) in [6.07, 6.45) is 0.607. The van der Waals surface area contributed by atoms with Gasteiger partial charge in [0, 0.05) is 32.2 Å². The summed E-state index contributed by atoms with van der Waals surface area (Å²) in [6.45, 7) is 3.23. The molecule has 2 N–H and O–H groups in total. The number of nitrogens with one attached hydrogen (secondary N) is 2. The number of benzene rings is 2. The molecule has 0 aromatic heterocycles. The number of halogens is 1. The van der Waals surface area contributed by atoms with Crippen LogP contribution in [0.1, 0.15) is 13.3 Å². The van der Waals surface area contributed by atoms with E-state index in [0.29, 0.717) is 31.7 Å². The molecule has 3 rings (SSSR count). The molecule has 1 heterocycles. The van der Waals surface area contributed by atoms with Gasteiger partial charge in [0.1, 0.15) is 0 Å². The van der Waals surface area contributed by atoms with Gasteiger partial charge >= 0.3 is 0 Å². The van der Waals surface area contributed by atoms with Crippen LogP contribution in [0.2, 0.25) is 5.02 Å². The summed E-state index contributed by atoms with van der Waals surface area (Å²) >= 11 is 6.15. The van der Waals surface area contributed by atoms with E-state index in [2.05, 4.69) is 10.6 Å². The first kappa shape index (κ1) is 23.2. The summed E-state index contributed by atoms with van der Waals surface area (Å²) in [4.78, 5) is 25.5. The van der Waals surface area contributed by atoms with Gasteiger partial charge in [-0.3, -0.25) is 14.5 Å². The Hall–Kier alpha value is -2.46. The predicted molar refractivity (Wildman–Crippen MR) is 121 cm³/mol. The van der Waals surface area contributed by atoms with E-state index in [-0.39, 0.29) is 34.8 Å². The van der Waals surface area contributed by atoms with E-state index in [1.807, 2.05) is 35.2 Å². The maximum atomic E-state index is 13.1. The quantitative estimate of drug-likeness (QED) is 0.684. The van der Waals surface area contributed by atoms with Crippen molar-refractivity contribution in [1.29, 1.82) is 0 Å². The number of sulfonamides is 1. The molecule has 2 aromatic carbocycles. The zero-order chi connectivity index (χ0) is 22.4. The smallest absolute Gasteiger partial charge is 0.243 e. The average molecular weight is 465 g/mol. The van der Waals surface area contributed by atoms with Crippen molar-refractivity contribution in [2.75, 3.05) is 43.4 Å². The van der Waals surface area contributed by atoms with Crippen molar-refractivity contribution >= 4 is 44.8 Å². The number of anilines is 2. The molecule has 0 bridgehead atoms. The van der Waals surface area contributed by atoms with E-state index in [1.54, 1.807) is 0 Å². The Morgan fingerprint density at radius 1 is 1.00 bits per heavy atom. The summed E-state index contributed by atoms with van der Waals surface area (Å²) in [5.74, 6) is -0.427. The highest BCUT2D eigenvalue weighted by Gasteiger charge is 2.28. The van der Waals surface area contributed by atoms with Crippen LogP contribution in [0.15, 0.2) is 53.4 Å². The monoisotopic (exact) mass is 464 g/mol. The number of rotatable bonds is 6. The molecular weight excluding hydrogens is 440 g/mol. The van der Waals surface area contributed by atoms with Gasteiger partial charge in [-0.05, 0) is 43.3 Å². The van der Waals surface area contributed by atoms with Crippen LogP contribution < -0.4 is 10.6 Å². The van der Waals surface area contributed by atoms with Gasteiger partial charge in [0.05, 0.1) is 22.2 Å². The minimum absolute atomic E-state index is 0.0712. The molecule has 166 valence electrons. The van der Waals surface area contributed by atoms with E-state index in [0.717, 1.165) is 5.69 Å². The van der Waals surface area contributed by atoms with Crippen molar-refractivity contribution < 1.29 is 18.0 Å². The molecule has 31 heavy (non-hydrogen) atoms. The Kier molecular flexibility index (Phi) is 7.66. The lowest BCUT2D eigenvalue weighted by Crippen LogP contribution is -2.38. The third-order valence-electron chi connectivity index (χ3n) is 4.86. The van der Waals surface area contributed by atoms with Crippen molar-refractivity contribution in [2.24, 2.45) is 0 Å². The van der Waals surface area contributed by atoms with Gasteiger partial charge in [0.15, 0.2) is 0 Å². The second kappa shape index (κ2) is 10.2. The number of hydrogen-bond donors (Lipinski definition) is 2. The molecule has 1 saturated heterocycles. The van der Waals surface area contributed by atoms with Gasteiger partial charge in [0.2, 0.25) is 21.8 Å². The third kappa shape index (κ3) is 6.27. The fourth-order valence-electron chi connectivity index (χ4n) is 3.37. The van der Waals surface area contributed by atoms with Crippen LogP contribution in [0.3, 0.4) is 0 Å². The predicted octanol–water partition coefficient (Wildman–Crippen LogP) is 2.63. The molecule has 2 amide bonds. The van der Waals surface area contributed by atoms with E-state index in [4.69, 9.17) is 11.6 Å². The van der Waals surface area contributed by atoms with Crippen molar-refractivity contribution in [3.8, 4) is 0 Å². The van der Waals surface area contributed by atoms with Gasteiger partial charge in [0.25, 0.3) is 0 Å². The first-order valence-electron chi connectivity index (χ1n) is 9.90. The van der Waals surface area contributed by atoms with Crippen LogP contribution in [-0.2, 0) is 19.6 Å². The Morgan fingerprint density at radius 3 is 2.42 bits per heavy atom. The van der Waals surface area contributed by atoms with Crippen molar-refractivity contribution in [2.45, 2.75) is 18.2 Å². The first-order chi connectivity index (χ1) is 14.8. The summed E-state index contributed by atoms with van der Waals surface area (Å²) in [7, 11) is -3.74. The summed E-state index contributed by atoms with van der Waals surface area (Å²) in [5, 5.41) is 5.56. The minimum atomic E-state index is -3.74. The van der Waals surface area contributed by atoms with E-state index in [1.165, 1.54) is 29.4 Å². The lowest BCUT2D eigenvalue weighted by molar-refractivity contribution is -0.117. The number of carbonyl (C=O) groups is 2. The molecule has 10 heteroatoms. The molecule has 0 spiro atoms. The number of hydrogen-bond acceptors (Lipinski definition) is 5. The second-order valence-corrected chi connectivity index (χ2v) is 9.62. The van der Waals surface area contributed by atoms with Gasteiger partial charge in [-0.25, -0.2) is 8.42 Å². The van der Waals surface area contributed by atoms with Crippen LogP contribution in [0.5, 0.6) is 0 Å². The highest BCUT2D eigenvalue weighted by Crippen LogP contribution is 2.27. The molecule has 0 aliphatic carbocycles. The highest BCUT2D eigenvalue weighted by atomic mass is 35.5.